The highest BCUT2D eigenvalue weighted by Crippen LogP contribution is 2.25. The van der Waals surface area contributed by atoms with Crippen LogP contribution in [-0.2, 0) is 9.53 Å². The van der Waals surface area contributed by atoms with Crippen molar-refractivity contribution in [2.24, 2.45) is 0 Å². The van der Waals surface area contributed by atoms with Crippen molar-refractivity contribution >= 4 is 17.6 Å². The van der Waals surface area contributed by atoms with Crippen LogP contribution >= 0.6 is 0 Å². The van der Waals surface area contributed by atoms with Gasteiger partial charge in [-0.1, -0.05) is 12.1 Å². The smallest absolute Gasteiger partial charge is 0.322 e. The quantitative estimate of drug-likeness (QED) is 0.661. The molecule has 1 aliphatic rings. The van der Waals surface area contributed by atoms with Crippen LogP contribution in [0, 0.1) is 0 Å². The van der Waals surface area contributed by atoms with Crippen LogP contribution in [0.2, 0.25) is 0 Å². The summed E-state index contributed by atoms with van der Waals surface area (Å²) in [6, 6.07) is 6.60. The van der Waals surface area contributed by atoms with E-state index in [-0.39, 0.29) is 11.9 Å². The summed E-state index contributed by atoms with van der Waals surface area (Å²) in [5, 5.41) is 5.77. The lowest BCUT2D eigenvalue weighted by Gasteiger charge is -2.24. The van der Waals surface area contributed by atoms with E-state index in [0.717, 1.165) is 12.8 Å². The molecule has 7 nitrogen and oxygen atoms in total. The molecule has 1 aromatic carbocycles. The Bertz CT molecular complexity index is 594. The lowest BCUT2D eigenvalue weighted by molar-refractivity contribution is -0.124. The normalized spacial score (nSPS) is 16.4. The second-order valence-corrected chi connectivity index (χ2v) is 6.05. The van der Waals surface area contributed by atoms with Gasteiger partial charge in [0, 0.05) is 26.3 Å². The number of amides is 3. The number of hydrogen-bond acceptors (Lipinski definition) is 4. The summed E-state index contributed by atoms with van der Waals surface area (Å²) < 4.78 is 10.8. The van der Waals surface area contributed by atoms with Gasteiger partial charge < -0.3 is 25.0 Å². The molecule has 0 aromatic heterocycles. The van der Waals surface area contributed by atoms with E-state index < -0.39 is 6.04 Å². The zero-order valence-electron chi connectivity index (χ0n) is 15.6. The maximum atomic E-state index is 12.7. The van der Waals surface area contributed by atoms with Gasteiger partial charge in [0.05, 0.1) is 12.3 Å². The molecule has 1 heterocycles. The molecule has 0 spiro atoms. The number of ether oxygens (including phenoxy) is 2. The van der Waals surface area contributed by atoms with Gasteiger partial charge in [0.15, 0.2) is 0 Å². The average molecular weight is 363 g/mol. The van der Waals surface area contributed by atoms with Crippen LogP contribution in [0.1, 0.15) is 33.1 Å². The highest BCUT2D eigenvalue weighted by molar-refractivity contribution is 5.95. The molecule has 0 radical (unpaired) electrons. The van der Waals surface area contributed by atoms with Crippen molar-refractivity contribution in [3.63, 3.8) is 0 Å². The summed E-state index contributed by atoms with van der Waals surface area (Å²) in [5.74, 6) is 0.520. The largest absolute Gasteiger partial charge is 0.492 e. The minimum Gasteiger partial charge on any atom is -0.492 e. The number of rotatable bonds is 9. The van der Waals surface area contributed by atoms with Crippen molar-refractivity contribution < 1.29 is 19.1 Å². The van der Waals surface area contributed by atoms with E-state index in [4.69, 9.17) is 9.47 Å². The van der Waals surface area contributed by atoms with Gasteiger partial charge in [-0.25, -0.2) is 4.79 Å². The van der Waals surface area contributed by atoms with Gasteiger partial charge in [-0.2, -0.15) is 0 Å². The first-order valence-corrected chi connectivity index (χ1v) is 9.32. The lowest BCUT2D eigenvalue weighted by Crippen LogP contribution is -2.47. The molecular formula is C19H29N3O4. The second-order valence-electron chi connectivity index (χ2n) is 6.05. The fourth-order valence-corrected chi connectivity index (χ4v) is 2.97. The van der Waals surface area contributed by atoms with Crippen molar-refractivity contribution in [1.29, 1.82) is 0 Å². The monoisotopic (exact) mass is 363 g/mol. The topological polar surface area (TPSA) is 79.9 Å². The molecule has 0 unspecified atom stereocenters. The molecule has 0 saturated carbocycles. The Morgan fingerprint density at radius 2 is 2.04 bits per heavy atom. The third-order valence-corrected chi connectivity index (χ3v) is 4.21. The molecule has 7 heteroatoms. The number of urea groups is 1. The predicted octanol–water partition coefficient (Wildman–Crippen LogP) is 2.62. The van der Waals surface area contributed by atoms with Crippen LogP contribution < -0.4 is 15.4 Å². The first-order valence-electron chi connectivity index (χ1n) is 9.32. The SMILES string of the molecule is CCOCCCNC(=O)[C@@H]1CCCN1C(=O)Nc1ccccc1OCC. The first-order chi connectivity index (χ1) is 12.7. The predicted molar refractivity (Wildman–Crippen MR) is 100 cm³/mol. The molecule has 1 atom stereocenters. The Balaban J connectivity index is 1.90. The maximum absolute atomic E-state index is 12.7. The molecular weight excluding hydrogens is 334 g/mol. The molecule has 1 fully saturated rings. The summed E-state index contributed by atoms with van der Waals surface area (Å²) in [6.45, 7) is 6.77. The fraction of sp³-hybridized carbons (Fsp3) is 0.579. The van der Waals surface area contributed by atoms with E-state index in [0.29, 0.717) is 50.8 Å². The van der Waals surface area contributed by atoms with Crippen molar-refractivity contribution in [3.05, 3.63) is 24.3 Å². The second kappa shape index (κ2) is 10.7. The Labute approximate surface area is 155 Å². The molecule has 0 aliphatic carbocycles. The minimum absolute atomic E-state index is 0.104. The van der Waals surface area contributed by atoms with Gasteiger partial charge in [-0.15, -0.1) is 0 Å². The van der Waals surface area contributed by atoms with Crippen LogP contribution in [0.3, 0.4) is 0 Å². The van der Waals surface area contributed by atoms with E-state index in [2.05, 4.69) is 10.6 Å². The fourth-order valence-electron chi connectivity index (χ4n) is 2.97. The van der Waals surface area contributed by atoms with Gasteiger partial charge in [0.1, 0.15) is 11.8 Å². The third kappa shape index (κ3) is 5.62. The Hall–Kier alpha value is -2.28. The molecule has 2 N–H and O–H groups in total. The van der Waals surface area contributed by atoms with Crippen molar-refractivity contribution in [1.82, 2.24) is 10.2 Å². The van der Waals surface area contributed by atoms with E-state index in [1.807, 2.05) is 32.0 Å². The van der Waals surface area contributed by atoms with Crippen molar-refractivity contribution in [2.45, 2.75) is 39.2 Å². The molecule has 2 rings (SSSR count). The molecule has 0 bridgehead atoms. The van der Waals surface area contributed by atoms with E-state index in [9.17, 15) is 9.59 Å². The summed E-state index contributed by atoms with van der Waals surface area (Å²) in [4.78, 5) is 26.7. The van der Waals surface area contributed by atoms with Crippen molar-refractivity contribution in [2.75, 3.05) is 38.2 Å². The van der Waals surface area contributed by atoms with Gasteiger partial charge in [0.2, 0.25) is 5.91 Å². The standard InChI is InChI=1S/C19H29N3O4/c1-3-25-14-8-12-20-18(23)16-10-7-13-22(16)19(24)21-15-9-5-6-11-17(15)26-4-2/h5-6,9,11,16H,3-4,7-8,10,12-14H2,1-2H3,(H,20,23)(H,21,24)/t16-/m0/s1. The number of carbonyl (C=O) groups is 2. The van der Waals surface area contributed by atoms with Crippen LogP contribution in [0.4, 0.5) is 10.5 Å². The molecule has 1 aliphatic heterocycles. The van der Waals surface area contributed by atoms with Crippen LogP contribution in [0.5, 0.6) is 5.75 Å². The van der Waals surface area contributed by atoms with Gasteiger partial charge >= 0.3 is 6.03 Å². The van der Waals surface area contributed by atoms with Crippen LogP contribution in [0.15, 0.2) is 24.3 Å². The number of likely N-dealkylation sites (tertiary alicyclic amines) is 1. The third-order valence-electron chi connectivity index (χ3n) is 4.21. The molecule has 26 heavy (non-hydrogen) atoms. The lowest BCUT2D eigenvalue weighted by atomic mass is 10.2. The number of benzene rings is 1. The Morgan fingerprint density at radius 1 is 1.23 bits per heavy atom. The zero-order valence-corrected chi connectivity index (χ0v) is 15.6. The number of anilines is 1. The van der Waals surface area contributed by atoms with Gasteiger partial charge in [-0.05, 0) is 45.2 Å². The van der Waals surface area contributed by atoms with E-state index >= 15 is 0 Å². The Kier molecular flexibility index (Phi) is 8.21. The number of para-hydroxylation sites is 2. The first kappa shape index (κ1) is 20.0. The zero-order chi connectivity index (χ0) is 18.8. The number of nitrogens with one attached hydrogen (secondary N) is 2. The summed E-state index contributed by atoms with van der Waals surface area (Å²) in [6.07, 6.45) is 2.26. The summed E-state index contributed by atoms with van der Waals surface area (Å²) >= 11 is 0. The Morgan fingerprint density at radius 3 is 2.81 bits per heavy atom. The number of nitrogens with zero attached hydrogens (tertiary/aromatic N) is 1. The van der Waals surface area contributed by atoms with Gasteiger partial charge in [0.25, 0.3) is 0 Å². The number of hydrogen-bond donors (Lipinski definition) is 2. The molecule has 1 aromatic rings. The highest BCUT2D eigenvalue weighted by atomic mass is 16.5. The molecule has 144 valence electrons. The summed E-state index contributed by atoms with van der Waals surface area (Å²) in [7, 11) is 0. The van der Waals surface area contributed by atoms with E-state index in [1.165, 1.54) is 0 Å². The minimum atomic E-state index is -0.429. The van der Waals surface area contributed by atoms with Crippen LogP contribution in [-0.4, -0.2) is 55.8 Å². The van der Waals surface area contributed by atoms with Crippen molar-refractivity contribution in [3.8, 4) is 5.75 Å². The molecule has 1 saturated heterocycles. The molecule has 3 amide bonds. The maximum Gasteiger partial charge on any atom is 0.322 e. The van der Waals surface area contributed by atoms with Crippen LogP contribution in [0.25, 0.3) is 0 Å². The van der Waals surface area contributed by atoms with Gasteiger partial charge in [-0.3, -0.25) is 4.79 Å². The highest BCUT2D eigenvalue weighted by Gasteiger charge is 2.34. The van der Waals surface area contributed by atoms with E-state index in [1.54, 1.807) is 11.0 Å². The summed E-state index contributed by atoms with van der Waals surface area (Å²) in [5.41, 5.74) is 0.613. The number of carbonyl (C=O) groups excluding carboxylic acids is 2. The average Bonchev–Trinajstić information content (AvgIpc) is 3.13.